The summed E-state index contributed by atoms with van der Waals surface area (Å²) in [7, 11) is 0. The summed E-state index contributed by atoms with van der Waals surface area (Å²) in [6.45, 7) is 3.64. The van der Waals surface area contributed by atoms with Gasteiger partial charge in [0.25, 0.3) is 12.3 Å². The van der Waals surface area contributed by atoms with Crippen molar-refractivity contribution in [3.63, 3.8) is 0 Å². The Labute approximate surface area is 195 Å². The van der Waals surface area contributed by atoms with Crippen molar-refractivity contribution in [3.8, 4) is 0 Å². The number of carbonyl (C=O) groups excluding carboxylic acids is 1. The molecule has 2 atom stereocenters. The Balaban J connectivity index is 1.26. The number of fused-ring (bicyclic) bond motifs is 3. The maximum absolute atomic E-state index is 13.7. The predicted molar refractivity (Wildman–Crippen MR) is 120 cm³/mol. The standard InChI is InChI=1S/C23H27F2N7O2/c1-13-2-4-14(5-3-13)32-11-18(20(29-32)21(24)25)27-23(33)17-9-26-31-7-6-19(28-22(17)31)30-10-16-8-15(30)12-34-16/h6-7,9,11,13-16,21H,2-5,8,10,12H2,1H3,(H,27,33)/t13?,14?,15-,16-/m0/s1. The van der Waals surface area contributed by atoms with Gasteiger partial charge in [-0.1, -0.05) is 6.92 Å². The molecule has 1 aliphatic carbocycles. The third-order valence-corrected chi connectivity index (χ3v) is 7.37. The van der Waals surface area contributed by atoms with Crippen LogP contribution in [0.4, 0.5) is 20.3 Å². The molecular formula is C23H27F2N7O2. The van der Waals surface area contributed by atoms with E-state index in [1.807, 2.05) is 6.07 Å². The number of nitrogens with zero attached hydrogens (tertiary/aromatic N) is 6. The number of halogens is 2. The first-order valence-corrected chi connectivity index (χ1v) is 11.9. The zero-order valence-corrected chi connectivity index (χ0v) is 18.9. The van der Waals surface area contributed by atoms with Gasteiger partial charge in [-0.15, -0.1) is 0 Å². The first-order valence-electron chi connectivity index (χ1n) is 11.9. The van der Waals surface area contributed by atoms with Crippen LogP contribution in [0.15, 0.2) is 24.7 Å². The minimum Gasteiger partial charge on any atom is -0.374 e. The van der Waals surface area contributed by atoms with Crippen LogP contribution in [-0.4, -0.2) is 55.6 Å². The minimum absolute atomic E-state index is 0.0307. The molecule has 3 aliphatic rings. The zero-order valence-electron chi connectivity index (χ0n) is 18.9. The van der Waals surface area contributed by atoms with Crippen LogP contribution in [-0.2, 0) is 4.74 Å². The Morgan fingerprint density at radius 1 is 1.24 bits per heavy atom. The van der Waals surface area contributed by atoms with E-state index in [0.29, 0.717) is 18.2 Å². The van der Waals surface area contributed by atoms with E-state index in [1.54, 1.807) is 10.9 Å². The number of ether oxygens (including phenoxy) is 1. The Morgan fingerprint density at radius 3 is 2.76 bits per heavy atom. The molecule has 180 valence electrons. The molecule has 0 aromatic carbocycles. The molecule has 0 radical (unpaired) electrons. The fraction of sp³-hybridized carbons (Fsp3) is 0.565. The summed E-state index contributed by atoms with van der Waals surface area (Å²) < 4.78 is 36.3. The van der Waals surface area contributed by atoms with Crippen LogP contribution in [0.2, 0.25) is 0 Å². The molecule has 1 amide bonds. The zero-order chi connectivity index (χ0) is 23.4. The van der Waals surface area contributed by atoms with E-state index in [-0.39, 0.29) is 29.4 Å². The second-order valence-electron chi connectivity index (χ2n) is 9.69. The van der Waals surface area contributed by atoms with Gasteiger partial charge in [-0.05, 0) is 44.1 Å². The molecule has 2 saturated heterocycles. The van der Waals surface area contributed by atoms with Crippen LogP contribution >= 0.6 is 0 Å². The summed E-state index contributed by atoms with van der Waals surface area (Å²) >= 11 is 0. The molecule has 0 spiro atoms. The molecule has 6 rings (SSSR count). The van der Waals surface area contributed by atoms with E-state index in [1.165, 1.54) is 16.9 Å². The average Bonchev–Trinajstić information content (AvgIpc) is 3.61. The maximum atomic E-state index is 13.7. The maximum Gasteiger partial charge on any atom is 0.284 e. The number of carbonyl (C=O) groups is 1. The van der Waals surface area contributed by atoms with Gasteiger partial charge in [-0.25, -0.2) is 18.3 Å². The van der Waals surface area contributed by atoms with Crippen LogP contribution in [0.1, 0.15) is 67.5 Å². The van der Waals surface area contributed by atoms with E-state index in [9.17, 15) is 13.6 Å². The molecule has 1 saturated carbocycles. The number of morpholine rings is 1. The normalized spacial score (nSPS) is 26.6. The highest BCUT2D eigenvalue weighted by molar-refractivity contribution is 6.08. The Bertz CT molecular complexity index is 1220. The highest BCUT2D eigenvalue weighted by atomic mass is 19.3. The fourth-order valence-electron chi connectivity index (χ4n) is 5.41. The molecule has 1 N–H and O–H groups in total. The van der Waals surface area contributed by atoms with E-state index in [0.717, 1.165) is 44.5 Å². The second kappa shape index (κ2) is 8.30. The number of anilines is 2. The molecule has 3 aromatic rings. The summed E-state index contributed by atoms with van der Waals surface area (Å²) in [5, 5.41) is 11.0. The SMILES string of the molecule is CC1CCC(n2cc(NC(=O)c3cnn4ccc(N5C[C@@H]6C[C@H]5CO6)nc34)c(C(F)F)n2)CC1. The van der Waals surface area contributed by atoms with Crippen molar-refractivity contribution in [3.05, 3.63) is 35.9 Å². The molecule has 5 heterocycles. The molecular weight excluding hydrogens is 444 g/mol. The van der Waals surface area contributed by atoms with Gasteiger partial charge in [0.2, 0.25) is 0 Å². The van der Waals surface area contributed by atoms with Crippen molar-refractivity contribution < 1.29 is 18.3 Å². The molecule has 0 unspecified atom stereocenters. The van der Waals surface area contributed by atoms with Gasteiger partial charge in [-0.2, -0.15) is 10.2 Å². The van der Waals surface area contributed by atoms with Crippen molar-refractivity contribution in [1.29, 1.82) is 0 Å². The third kappa shape index (κ3) is 3.71. The van der Waals surface area contributed by atoms with E-state index >= 15 is 0 Å². The summed E-state index contributed by atoms with van der Waals surface area (Å²) in [5.74, 6) is 0.854. The summed E-state index contributed by atoms with van der Waals surface area (Å²) in [5.41, 5.74) is 0.223. The lowest BCUT2D eigenvalue weighted by Gasteiger charge is -2.27. The van der Waals surface area contributed by atoms with E-state index in [4.69, 9.17) is 4.74 Å². The van der Waals surface area contributed by atoms with E-state index in [2.05, 4.69) is 32.3 Å². The van der Waals surface area contributed by atoms with Crippen molar-refractivity contribution >= 4 is 23.1 Å². The molecule has 3 fully saturated rings. The topological polar surface area (TPSA) is 89.6 Å². The number of hydrogen-bond acceptors (Lipinski definition) is 6. The molecule has 11 heteroatoms. The van der Waals surface area contributed by atoms with Crippen LogP contribution in [0.3, 0.4) is 0 Å². The Kier molecular flexibility index (Phi) is 5.23. The first-order chi connectivity index (χ1) is 16.5. The number of aromatic nitrogens is 5. The molecule has 9 nitrogen and oxygen atoms in total. The van der Waals surface area contributed by atoms with Crippen LogP contribution in [0.5, 0.6) is 0 Å². The lowest BCUT2D eigenvalue weighted by molar-refractivity contribution is 0.0988. The molecule has 2 aliphatic heterocycles. The number of amides is 1. The van der Waals surface area contributed by atoms with Gasteiger partial charge in [0.05, 0.1) is 36.7 Å². The third-order valence-electron chi connectivity index (χ3n) is 7.37. The Hall–Kier alpha value is -3.08. The molecule has 2 bridgehead atoms. The second-order valence-corrected chi connectivity index (χ2v) is 9.69. The minimum atomic E-state index is -2.79. The van der Waals surface area contributed by atoms with Crippen molar-refractivity contribution in [2.75, 3.05) is 23.4 Å². The van der Waals surface area contributed by atoms with Crippen molar-refractivity contribution in [2.45, 2.75) is 63.6 Å². The van der Waals surface area contributed by atoms with Crippen molar-refractivity contribution in [2.24, 2.45) is 5.92 Å². The van der Waals surface area contributed by atoms with Crippen molar-refractivity contribution in [1.82, 2.24) is 24.4 Å². The summed E-state index contributed by atoms with van der Waals surface area (Å²) in [4.78, 5) is 20.0. The van der Waals surface area contributed by atoms with E-state index < -0.39 is 18.0 Å². The van der Waals surface area contributed by atoms with Gasteiger partial charge >= 0.3 is 0 Å². The highest BCUT2D eigenvalue weighted by Gasteiger charge is 2.39. The Morgan fingerprint density at radius 2 is 2.06 bits per heavy atom. The quantitative estimate of drug-likeness (QED) is 0.608. The predicted octanol–water partition coefficient (Wildman–Crippen LogP) is 3.84. The number of nitrogens with one attached hydrogen (secondary N) is 1. The van der Waals surface area contributed by atoms with Gasteiger partial charge in [0.15, 0.2) is 11.3 Å². The highest BCUT2D eigenvalue weighted by Crippen LogP contribution is 2.35. The largest absolute Gasteiger partial charge is 0.374 e. The van der Waals surface area contributed by atoms with Crippen LogP contribution < -0.4 is 10.2 Å². The summed E-state index contributed by atoms with van der Waals surface area (Å²) in [6, 6.07) is 2.22. The molecule has 34 heavy (non-hydrogen) atoms. The molecule has 3 aromatic heterocycles. The lowest BCUT2D eigenvalue weighted by Crippen LogP contribution is -2.37. The summed E-state index contributed by atoms with van der Waals surface area (Å²) in [6.07, 6.45) is 6.96. The first kappa shape index (κ1) is 21.5. The fourth-order valence-corrected chi connectivity index (χ4v) is 5.41. The number of alkyl halides is 2. The smallest absolute Gasteiger partial charge is 0.284 e. The van der Waals surface area contributed by atoms with Gasteiger partial charge < -0.3 is 15.0 Å². The van der Waals surface area contributed by atoms with Crippen LogP contribution in [0.25, 0.3) is 5.65 Å². The number of hydrogen-bond donors (Lipinski definition) is 1. The lowest BCUT2D eigenvalue weighted by atomic mass is 9.87. The van der Waals surface area contributed by atoms with Gasteiger partial charge in [0, 0.05) is 18.9 Å². The van der Waals surface area contributed by atoms with Gasteiger partial charge in [0.1, 0.15) is 11.4 Å². The van der Waals surface area contributed by atoms with Gasteiger partial charge in [-0.3, -0.25) is 9.48 Å². The monoisotopic (exact) mass is 471 g/mol. The van der Waals surface area contributed by atoms with Crippen LogP contribution in [0, 0.1) is 5.92 Å². The number of rotatable bonds is 5. The average molecular weight is 472 g/mol.